The van der Waals surface area contributed by atoms with E-state index < -0.39 is 0 Å². The molecule has 20 heavy (non-hydrogen) atoms. The predicted octanol–water partition coefficient (Wildman–Crippen LogP) is 3.41. The van der Waals surface area contributed by atoms with Gasteiger partial charge in [0.25, 0.3) is 0 Å². The second-order valence-electron chi connectivity index (χ2n) is 5.44. The molecular weight excluding hydrogens is 250 g/mol. The van der Waals surface area contributed by atoms with Gasteiger partial charge in [-0.1, -0.05) is 12.1 Å². The lowest BCUT2D eigenvalue weighted by Gasteiger charge is -2.14. The monoisotopic (exact) mass is 271 g/mol. The molecule has 0 saturated carbocycles. The van der Waals surface area contributed by atoms with E-state index in [2.05, 4.69) is 4.90 Å². The Hall–Kier alpha value is -1.74. The van der Waals surface area contributed by atoms with E-state index in [4.69, 9.17) is 4.74 Å². The van der Waals surface area contributed by atoms with Crippen molar-refractivity contribution in [1.82, 2.24) is 4.90 Å². The van der Waals surface area contributed by atoms with Gasteiger partial charge in [-0.05, 0) is 67.4 Å². The molecule has 0 radical (unpaired) electrons. The Kier molecular flexibility index (Phi) is 4.07. The molecule has 3 nitrogen and oxygen atoms in total. The lowest BCUT2D eigenvalue weighted by Crippen LogP contribution is -2.21. The third-order valence-corrected chi connectivity index (χ3v) is 3.88. The zero-order chi connectivity index (χ0) is 13.8. The van der Waals surface area contributed by atoms with E-state index in [1.54, 1.807) is 12.1 Å². The molecule has 1 aliphatic rings. The summed E-state index contributed by atoms with van der Waals surface area (Å²) in [6, 6.07) is 11.4. The molecule has 1 fully saturated rings. The molecule has 0 spiro atoms. The SMILES string of the molecule is Oc1ccc2ccc(OCCCN3CCCC3)cc2c1. The van der Waals surface area contributed by atoms with Crippen LogP contribution in [0.3, 0.4) is 0 Å². The van der Waals surface area contributed by atoms with E-state index in [1.165, 1.54) is 25.9 Å². The fourth-order valence-corrected chi connectivity index (χ4v) is 2.79. The first kappa shape index (κ1) is 13.3. The van der Waals surface area contributed by atoms with Crippen molar-refractivity contribution in [3.05, 3.63) is 36.4 Å². The Labute approximate surface area is 119 Å². The lowest BCUT2D eigenvalue weighted by molar-refractivity contribution is 0.263. The first-order chi connectivity index (χ1) is 9.81. The van der Waals surface area contributed by atoms with Gasteiger partial charge in [-0.25, -0.2) is 0 Å². The number of hydrogen-bond acceptors (Lipinski definition) is 3. The summed E-state index contributed by atoms with van der Waals surface area (Å²) < 4.78 is 5.81. The molecule has 3 rings (SSSR count). The molecule has 0 amide bonds. The van der Waals surface area contributed by atoms with E-state index in [0.717, 1.165) is 36.1 Å². The number of likely N-dealkylation sites (tertiary alicyclic amines) is 1. The minimum atomic E-state index is 0.295. The fourth-order valence-electron chi connectivity index (χ4n) is 2.79. The van der Waals surface area contributed by atoms with Crippen LogP contribution in [0.2, 0.25) is 0 Å². The summed E-state index contributed by atoms with van der Waals surface area (Å²) >= 11 is 0. The van der Waals surface area contributed by atoms with Crippen molar-refractivity contribution < 1.29 is 9.84 Å². The third-order valence-electron chi connectivity index (χ3n) is 3.88. The van der Waals surface area contributed by atoms with Crippen LogP contribution >= 0.6 is 0 Å². The number of aromatic hydroxyl groups is 1. The highest BCUT2D eigenvalue weighted by Crippen LogP contribution is 2.24. The maximum absolute atomic E-state index is 9.51. The minimum Gasteiger partial charge on any atom is -0.508 e. The Morgan fingerprint density at radius 1 is 1.00 bits per heavy atom. The standard InChI is InChI=1S/C17H21NO2/c19-16-6-4-14-5-7-17(13-15(14)12-16)20-11-3-10-18-8-1-2-9-18/h4-7,12-13,19H,1-3,8-11H2. The molecule has 0 aliphatic carbocycles. The zero-order valence-corrected chi connectivity index (χ0v) is 11.7. The largest absolute Gasteiger partial charge is 0.508 e. The van der Waals surface area contributed by atoms with Crippen molar-refractivity contribution in [2.75, 3.05) is 26.2 Å². The Balaban J connectivity index is 1.54. The van der Waals surface area contributed by atoms with E-state index in [-0.39, 0.29) is 0 Å². The zero-order valence-electron chi connectivity index (χ0n) is 11.7. The molecule has 2 aromatic rings. The summed E-state index contributed by atoms with van der Waals surface area (Å²) in [5, 5.41) is 11.6. The van der Waals surface area contributed by atoms with Gasteiger partial charge < -0.3 is 14.7 Å². The van der Waals surface area contributed by atoms with Crippen molar-refractivity contribution in [2.24, 2.45) is 0 Å². The molecule has 0 bridgehead atoms. The number of ether oxygens (including phenoxy) is 1. The average Bonchev–Trinajstić information content (AvgIpc) is 2.96. The Bertz CT molecular complexity index is 576. The molecular formula is C17H21NO2. The normalized spacial score (nSPS) is 15.8. The minimum absolute atomic E-state index is 0.295. The van der Waals surface area contributed by atoms with Crippen LogP contribution in [0.25, 0.3) is 10.8 Å². The highest BCUT2D eigenvalue weighted by Gasteiger charge is 2.10. The van der Waals surface area contributed by atoms with Gasteiger partial charge in [0.15, 0.2) is 0 Å². The number of hydrogen-bond donors (Lipinski definition) is 1. The van der Waals surface area contributed by atoms with Crippen LogP contribution in [0.1, 0.15) is 19.3 Å². The van der Waals surface area contributed by atoms with Crippen molar-refractivity contribution in [3.8, 4) is 11.5 Å². The van der Waals surface area contributed by atoms with Gasteiger partial charge in [0.1, 0.15) is 11.5 Å². The maximum Gasteiger partial charge on any atom is 0.119 e. The molecule has 1 aliphatic heterocycles. The molecule has 2 aromatic carbocycles. The molecule has 0 unspecified atom stereocenters. The first-order valence-corrected chi connectivity index (χ1v) is 7.39. The van der Waals surface area contributed by atoms with Gasteiger partial charge in [-0.15, -0.1) is 0 Å². The molecule has 106 valence electrons. The number of fused-ring (bicyclic) bond motifs is 1. The highest BCUT2D eigenvalue weighted by molar-refractivity contribution is 5.85. The first-order valence-electron chi connectivity index (χ1n) is 7.39. The fraction of sp³-hybridized carbons (Fsp3) is 0.412. The molecule has 3 heteroatoms. The predicted molar refractivity (Wildman–Crippen MR) is 81.4 cm³/mol. The van der Waals surface area contributed by atoms with Gasteiger partial charge in [-0.2, -0.15) is 0 Å². The summed E-state index contributed by atoms with van der Waals surface area (Å²) in [4.78, 5) is 2.50. The van der Waals surface area contributed by atoms with Crippen molar-refractivity contribution in [1.29, 1.82) is 0 Å². The smallest absolute Gasteiger partial charge is 0.119 e. The van der Waals surface area contributed by atoms with Gasteiger partial charge >= 0.3 is 0 Å². The van der Waals surface area contributed by atoms with Gasteiger partial charge in [0, 0.05) is 6.54 Å². The number of phenols is 1. The molecule has 0 atom stereocenters. The topological polar surface area (TPSA) is 32.7 Å². The molecule has 1 heterocycles. The average molecular weight is 271 g/mol. The van der Waals surface area contributed by atoms with Crippen LogP contribution in [0.5, 0.6) is 11.5 Å². The van der Waals surface area contributed by atoms with E-state index in [0.29, 0.717) is 5.75 Å². The Morgan fingerprint density at radius 3 is 2.65 bits per heavy atom. The lowest BCUT2D eigenvalue weighted by atomic mass is 10.1. The van der Waals surface area contributed by atoms with Crippen LogP contribution in [0, 0.1) is 0 Å². The van der Waals surface area contributed by atoms with Crippen LogP contribution in [-0.4, -0.2) is 36.2 Å². The molecule has 0 aromatic heterocycles. The second-order valence-corrected chi connectivity index (χ2v) is 5.44. The van der Waals surface area contributed by atoms with Crippen molar-refractivity contribution in [3.63, 3.8) is 0 Å². The number of phenolic OH excluding ortho intramolecular Hbond substituents is 1. The summed E-state index contributed by atoms with van der Waals surface area (Å²) in [7, 11) is 0. The van der Waals surface area contributed by atoms with Crippen LogP contribution in [-0.2, 0) is 0 Å². The quantitative estimate of drug-likeness (QED) is 0.846. The number of rotatable bonds is 5. The summed E-state index contributed by atoms with van der Waals surface area (Å²) in [6.45, 7) is 4.37. The summed E-state index contributed by atoms with van der Waals surface area (Å²) in [6.07, 6.45) is 3.75. The van der Waals surface area contributed by atoms with Crippen molar-refractivity contribution >= 4 is 10.8 Å². The number of nitrogens with zero attached hydrogens (tertiary/aromatic N) is 1. The van der Waals surface area contributed by atoms with Gasteiger partial charge in [0.05, 0.1) is 6.61 Å². The molecule has 1 N–H and O–H groups in total. The van der Waals surface area contributed by atoms with Gasteiger partial charge in [-0.3, -0.25) is 0 Å². The summed E-state index contributed by atoms with van der Waals surface area (Å²) in [5.41, 5.74) is 0. The van der Waals surface area contributed by atoms with E-state index in [1.807, 2.05) is 24.3 Å². The Morgan fingerprint density at radius 2 is 1.80 bits per heavy atom. The highest BCUT2D eigenvalue weighted by atomic mass is 16.5. The van der Waals surface area contributed by atoms with Crippen LogP contribution in [0.15, 0.2) is 36.4 Å². The van der Waals surface area contributed by atoms with Gasteiger partial charge in [0.2, 0.25) is 0 Å². The van der Waals surface area contributed by atoms with E-state index in [9.17, 15) is 5.11 Å². The third kappa shape index (κ3) is 3.23. The van der Waals surface area contributed by atoms with E-state index >= 15 is 0 Å². The molecule has 1 saturated heterocycles. The van der Waals surface area contributed by atoms with Crippen LogP contribution in [0.4, 0.5) is 0 Å². The van der Waals surface area contributed by atoms with Crippen molar-refractivity contribution in [2.45, 2.75) is 19.3 Å². The summed E-state index contributed by atoms with van der Waals surface area (Å²) in [5.74, 6) is 1.17. The van der Waals surface area contributed by atoms with Crippen LogP contribution < -0.4 is 4.74 Å². The second kappa shape index (κ2) is 6.14. The maximum atomic E-state index is 9.51. The number of benzene rings is 2.